The van der Waals surface area contributed by atoms with Gasteiger partial charge in [0, 0.05) is 17.0 Å². The zero-order valence-corrected chi connectivity index (χ0v) is 10.5. The second kappa shape index (κ2) is 6.43. The van der Waals surface area contributed by atoms with Crippen molar-refractivity contribution in [2.24, 2.45) is 0 Å². The highest BCUT2D eigenvalue weighted by Crippen LogP contribution is 2.09. The van der Waals surface area contributed by atoms with Crippen LogP contribution in [0.2, 0.25) is 5.02 Å². The zero-order chi connectivity index (χ0) is 11.9. The van der Waals surface area contributed by atoms with E-state index in [1.165, 1.54) is 11.1 Å². The van der Waals surface area contributed by atoms with E-state index in [1.54, 1.807) is 0 Å². The largest absolute Gasteiger partial charge is 0.342 e. The molecule has 0 heterocycles. The van der Waals surface area contributed by atoms with Crippen LogP contribution in [-0.2, 0) is 13.0 Å². The molecule has 2 aromatic carbocycles. The van der Waals surface area contributed by atoms with Crippen molar-refractivity contribution in [1.29, 1.82) is 0 Å². The topological polar surface area (TPSA) is 16.6 Å². The quantitative estimate of drug-likeness (QED) is 0.782. The fraction of sp³-hybridized carbons (Fsp3) is 0.200. The van der Waals surface area contributed by atoms with Gasteiger partial charge in [0.05, 0.1) is 6.54 Å². The lowest BCUT2D eigenvalue weighted by atomic mass is 10.1. The van der Waals surface area contributed by atoms with Crippen LogP contribution in [0.3, 0.4) is 0 Å². The lowest BCUT2D eigenvalue weighted by Gasteiger charge is -2.03. The highest BCUT2D eigenvalue weighted by atomic mass is 35.5. The van der Waals surface area contributed by atoms with Crippen molar-refractivity contribution in [2.45, 2.75) is 13.0 Å². The third-order valence-electron chi connectivity index (χ3n) is 2.75. The average Bonchev–Trinajstić information content (AvgIpc) is 2.36. The second-order valence-corrected chi connectivity index (χ2v) is 4.58. The van der Waals surface area contributed by atoms with Crippen molar-refractivity contribution in [3.05, 3.63) is 70.7 Å². The maximum atomic E-state index is 5.94. The third kappa shape index (κ3) is 4.22. The number of benzene rings is 2. The molecule has 0 spiro atoms. The molecule has 0 bridgehead atoms. The minimum absolute atomic E-state index is 0.818. The highest BCUT2D eigenvalue weighted by molar-refractivity contribution is 6.30. The molecule has 0 radical (unpaired) electrons. The van der Waals surface area contributed by atoms with Crippen LogP contribution >= 0.6 is 11.6 Å². The van der Waals surface area contributed by atoms with Gasteiger partial charge in [-0.05, 0) is 17.7 Å². The predicted molar refractivity (Wildman–Crippen MR) is 72.1 cm³/mol. The van der Waals surface area contributed by atoms with Crippen molar-refractivity contribution in [3.8, 4) is 0 Å². The summed E-state index contributed by atoms with van der Waals surface area (Å²) in [4.78, 5) is 0. The summed E-state index contributed by atoms with van der Waals surface area (Å²) >= 11 is 5.94. The van der Waals surface area contributed by atoms with Crippen molar-refractivity contribution < 1.29 is 5.32 Å². The Bertz CT molecular complexity index is 453. The summed E-state index contributed by atoms with van der Waals surface area (Å²) < 4.78 is 0. The molecule has 0 saturated carbocycles. The lowest BCUT2D eigenvalue weighted by Crippen LogP contribution is -2.83. The van der Waals surface area contributed by atoms with E-state index in [9.17, 15) is 0 Å². The van der Waals surface area contributed by atoms with Crippen LogP contribution in [0.25, 0.3) is 0 Å². The van der Waals surface area contributed by atoms with Gasteiger partial charge in [0.2, 0.25) is 0 Å². The van der Waals surface area contributed by atoms with E-state index in [4.69, 9.17) is 11.6 Å². The maximum absolute atomic E-state index is 5.94. The van der Waals surface area contributed by atoms with Crippen molar-refractivity contribution in [3.63, 3.8) is 0 Å². The lowest BCUT2D eigenvalue weighted by molar-refractivity contribution is -0.670. The minimum Gasteiger partial charge on any atom is -0.342 e. The van der Waals surface area contributed by atoms with Crippen LogP contribution in [0.4, 0.5) is 0 Å². The molecule has 0 aromatic heterocycles. The fourth-order valence-electron chi connectivity index (χ4n) is 1.85. The smallest absolute Gasteiger partial charge is 0.101 e. The normalized spacial score (nSPS) is 10.4. The van der Waals surface area contributed by atoms with Crippen LogP contribution in [0, 0.1) is 0 Å². The Balaban J connectivity index is 1.73. The molecule has 0 saturated heterocycles. The minimum atomic E-state index is 0.818. The molecule has 0 aliphatic heterocycles. The molecule has 88 valence electrons. The first-order valence-corrected chi connectivity index (χ1v) is 6.32. The van der Waals surface area contributed by atoms with Gasteiger partial charge in [0.15, 0.2) is 0 Å². The molecule has 2 rings (SSSR count). The summed E-state index contributed by atoms with van der Waals surface area (Å²) in [6, 6.07) is 18.6. The second-order valence-electron chi connectivity index (χ2n) is 4.15. The Morgan fingerprint density at radius 3 is 2.41 bits per heavy atom. The van der Waals surface area contributed by atoms with Crippen LogP contribution in [0.1, 0.15) is 11.1 Å². The van der Waals surface area contributed by atoms with Gasteiger partial charge in [0.1, 0.15) is 6.54 Å². The van der Waals surface area contributed by atoms with E-state index in [1.807, 2.05) is 18.2 Å². The molecule has 0 fully saturated rings. The Morgan fingerprint density at radius 2 is 1.65 bits per heavy atom. The fourth-order valence-corrected chi connectivity index (χ4v) is 2.06. The predicted octanol–water partition coefficient (Wildman–Crippen LogP) is 2.65. The number of hydrogen-bond donors (Lipinski definition) is 1. The third-order valence-corrected chi connectivity index (χ3v) is 2.98. The summed E-state index contributed by atoms with van der Waals surface area (Å²) in [5.41, 5.74) is 2.68. The van der Waals surface area contributed by atoms with Crippen LogP contribution in [0.15, 0.2) is 54.6 Å². The first-order chi connectivity index (χ1) is 8.34. The standard InChI is InChI=1S/C15H16ClN/c16-15-8-4-7-14(11-15)12-17-10-9-13-5-2-1-3-6-13/h1-8,11,17H,9-10,12H2/p+1. The van der Waals surface area contributed by atoms with Gasteiger partial charge in [0.25, 0.3) is 0 Å². The van der Waals surface area contributed by atoms with Gasteiger partial charge in [-0.15, -0.1) is 0 Å². The Labute approximate surface area is 107 Å². The summed E-state index contributed by atoms with van der Waals surface area (Å²) in [6.45, 7) is 2.10. The van der Waals surface area contributed by atoms with E-state index < -0.39 is 0 Å². The SMILES string of the molecule is Clc1cccc(C[NH2+]CCc2ccccc2)c1. The van der Waals surface area contributed by atoms with Crippen molar-refractivity contribution >= 4 is 11.6 Å². The molecule has 2 aromatic rings. The van der Waals surface area contributed by atoms with E-state index in [0.717, 1.165) is 24.5 Å². The Hall–Kier alpha value is -1.31. The maximum Gasteiger partial charge on any atom is 0.101 e. The van der Waals surface area contributed by atoms with Crippen LogP contribution < -0.4 is 5.32 Å². The summed E-state index contributed by atoms with van der Waals surface area (Å²) in [6.07, 6.45) is 1.11. The van der Waals surface area contributed by atoms with Crippen LogP contribution in [-0.4, -0.2) is 6.54 Å². The van der Waals surface area contributed by atoms with Crippen LogP contribution in [0.5, 0.6) is 0 Å². The Kier molecular flexibility index (Phi) is 4.60. The van der Waals surface area contributed by atoms with E-state index in [-0.39, 0.29) is 0 Å². The monoisotopic (exact) mass is 246 g/mol. The first-order valence-electron chi connectivity index (χ1n) is 5.94. The molecule has 2 heteroatoms. The van der Waals surface area contributed by atoms with E-state index in [2.05, 4.69) is 41.7 Å². The molecule has 1 nitrogen and oxygen atoms in total. The summed E-state index contributed by atoms with van der Waals surface area (Å²) in [7, 11) is 0. The van der Waals surface area contributed by atoms with E-state index >= 15 is 0 Å². The zero-order valence-electron chi connectivity index (χ0n) is 9.77. The van der Waals surface area contributed by atoms with Gasteiger partial charge in [-0.3, -0.25) is 0 Å². The average molecular weight is 247 g/mol. The van der Waals surface area contributed by atoms with Gasteiger partial charge in [-0.25, -0.2) is 0 Å². The molecule has 2 N–H and O–H groups in total. The van der Waals surface area contributed by atoms with E-state index in [0.29, 0.717) is 0 Å². The molecular weight excluding hydrogens is 230 g/mol. The first kappa shape index (κ1) is 12.2. The molecule has 0 unspecified atom stereocenters. The molecule has 0 atom stereocenters. The number of nitrogens with two attached hydrogens (primary N) is 1. The molecular formula is C15H17ClN+. The molecule has 0 amide bonds. The molecule has 0 aliphatic carbocycles. The van der Waals surface area contributed by atoms with Gasteiger partial charge in [-0.1, -0.05) is 54.1 Å². The van der Waals surface area contributed by atoms with Gasteiger partial charge in [-0.2, -0.15) is 0 Å². The number of halogens is 1. The molecule has 0 aliphatic rings. The van der Waals surface area contributed by atoms with Crippen molar-refractivity contribution in [1.82, 2.24) is 0 Å². The highest BCUT2D eigenvalue weighted by Gasteiger charge is 1.97. The Morgan fingerprint density at radius 1 is 0.882 bits per heavy atom. The van der Waals surface area contributed by atoms with Crippen molar-refractivity contribution in [2.75, 3.05) is 6.54 Å². The summed E-state index contributed by atoms with van der Waals surface area (Å²) in [5.74, 6) is 0. The number of rotatable bonds is 5. The van der Waals surface area contributed by atoms with Gasteiger partial charge < -0.3 is 5.32 Å². The number of hydrogen-bond acceptors (Lipinski definition) is 0. The molecule has 17 heavy (non-hydrogen) atoms. The number of quaternary nitrogens is 1. The van der Waals surface area contributed by atoms with Gasteiger partial charge >= 0.3 is 0 Å². The summed E-state index contributed by atoms with van der Waals surface area (Å²) in [5, 5.41) is 3.14.